The molecule has 29 heavy (non-hydrogen) atoms. The lowest BCUT2D eigenvalue weighted by molar-refractivity contribution is 0.00698. The van der Waals surface area contributed by atoms with Gasteiger partial charge in [-0.25, -0.2) is 9.79 Å². The molecule has 1 aliphatic heterocycles. The Kier molecular flexibility index (Phi) is 6.64. The van der Waals surface area contributed by atoms with Crippen LogP contribution in [0.2, 0.25) is 0 Å². The largest absolute Gasteiger partial charge is 0.444 e. The molecule has 9 heteroatoms. The van der Waals surface area contributed by atoms with Gasteiger partial charge in [0.1, 0.15) is 18.0 Å². The summed E-state index contributed by atoms with van der Waals surface area (Å²) in [7, 11) is 1.95. The van der Waals surface area contributed by atoms with Crippen molar-refractivity contribution in [2.75, 3.05) is 13.1 Å². The smallest absolute Gasteiger partial charge is 0.410 e. The second-order valence-corrected chi connectivity index (χ2v) is 9.09. The van der Waals surface area contributed by atoms with Crippen molar-refractivity contribution in [2.24, 2.45) is 12.0 Å². The van der Waals surface area contributed by atoms with Crippen LogP contribution in [0.15, 0.2) is 4.99 Å². The van der Waals surface area contributed by atoms with E-state index in [1.807, 2.05) is 39.3 Å². The van der Waals surface area contributed by atoms with Gasteiger partial charge in [-0.2, -0.15) is 0 Å². The minimum absolute atomic E-state index is 0.165. The van der Waals surface area contributed by atoms with Crippen molar-refractivity contribution in [1.82, 2.24) is 30.3 Å². The molecule has 0 spiro atoms. The Balaban J connectivity index is 1.57. The van der Waals surface area contributed by atoms with Crippen LogP contribution in [0.25, 0.3) is 0 Å². The van der Waals surface area contributed by atoms with Crippen LogP contribution < -0.4 is 10.6 Å². The highest BCUT2D eigenvalue weighted by molar-refractivity contribution is 5.81. The zero-order valence-electron chi connectivity index (χ0n) is 18.4. The molecule has 2 aliphatic rings. The summed E-state index contributed by atoms with van der Waals surface area (Å²) < 4.78 is 7.39. The Hall–Kier alpha value is -2.32. The molecule has 1 saturated carbocycles. The summed E-state index contributed by atoms with van der Waals surface area (Å²) in [5.41, 5.74) is -0.473. The van der Waals surface area contributed by atoms with Crippen LogP contribution in [0.1, 0.15) is 64.5 Å². The molecule has 1 saturated heterocycles. The molecule has 0 aromatic carbocycles. The van der Waals surface area contributed by atoms with Gasteiger partial charge in [0, 0.05) is 26.2 Å². The second kappa shape index (κ2) is 9.00. The highest BCUT2D eigenvalue weighted by Crippen LogP contribution is 2.18. The van der Waals surface area contributed by atoms with E-state index >= 15 is 0 Å². The number of carbonyl (C=O) groups excluding carboxylic acids is 1. The van der Waals surface area contributed by atoms with Crippen LogP contribution in [0.4, 0.5) is 4.79 Å². The molecule has 162 valence electrons. The van der Waals surface area contributed by atoms with Gasteiger partial charge in [-0.15, -0.1) is 10.2 Å². The first-order valence-electron chi connectivity index (χ1n) is 10.6. The van der Waals surface area contributed by atoms with Crippen LogP contribution in [0.3, 0.4) is 0 Å². The molecule has 9 nitrogen and oxygen atoms in total. The van der Waals surface area contributed by atoms with Gasteiger partial charge in [0.15, 0.2) is 11.8 Å². The summed E-state index contributed by atoms with van der Waals surface area (Å²) in [6.07, 6.45) is 5.89. The first-order valence-corrected chi connectivity index (χ1v) is 10.6. The van der Waals surface area contributed by atoms with Crippen LogP contribution in [-0.4, -0.2) is 62.5 Å². The fraction of sp³-hybridized carbons (Fsp3) is 0.800. The fourth-order valence-corrected chi connectivity index (χ4v) is 3.55. The maximum Gasteiger partial charge on any atom is 0.410 e. The number of aliphatic imine (C=N–C) groups is 1. The highest BCUT2D eigenvalue weighted by Gasteiger charge is 2.34. The van der Waals surface area contributed by atoms with Crippen molar-refractivity contribution in [3.8, 4) is 0 Å². The zero-order valence-corrected chi connectivity index (χ0v) is 18.4. The Morgan fingerprint density at radius 1 is 1.14 bits per heavy atom. The minimum atomic E-state index is -0.473. The van der Waals surface area contributed by atoms with E-state index in [1.54, 1.807) is 4.90 Å². The maximum absolute atomic E-state index is 12.2. The third-order valence-electron chi connectivity index (χ3n) is 5.38. The van der Waals surface area contributed by atoms with Crippen LogP contribution in [-0.2, 0) is 18.3 Å². The standard InChI is InChI=1S/C20H35N7O2/c1-14-24-25-17(26(14)5)11-21-18(22-15-9-7-6-8-10-15)23-16-12-27(13-16)19(28)29-20(2,3)4/h15-16H,6-13H2,1-5H3,(H2,21,22,23). The number of hydrogen-bond donors (Lipinski definition) is 2. The van der Waals surface area contributed by atoms with E-state index in [0.717, 1.165) is 17.6 Å². The van der Waals surface area contributed by atoms with E-state index < -0.39 is 5.60 Å². The van der Waals surface area contributed by atoms with Gasteiger partial charge in [-0.3, -0.25) is 0 Å². The van der Waals surface area contributed by atoms with Gasteiger partial charge in [0.2, 0.25) is 0 Å². The van der Waals surface area contributed by atoms with E-state index in [-0.39, 0.29) is 12.1 Å². The second-order valence-electron chi connectivity index (χ2n) is 9.09. The van der Waals surface area contributed by atoms with E-state index in [2.05, 4.69) is 20.8 Å². The Bertz CT molecular complexity index is 726. The number of aromatic nitrogens is 3. The van der Waals surface area contributed by atoms with E-state index in [1.165, 1.54) is 32.1 Å². The summed E-state index contributed by atoms with van der Waals surface area (Å²) >= 11 is 0. The third kappa shape index (κ3) is 6.08. The minimum Gasteiger partial charge on any atom is -0.444 e. The number of aryl methyl sites for hydroxylation is 1. The normalized spacial score (nSPS) is 19.1. The van der Waals surface area contributed by atoms with Gasteiger partial charge < -0.3 is 24.8 Å². The maximum atomic E-state index is 12.2. The van der Waals surface area contributed by atoms with Gasteiger partial charge in [-0.1, -0.05) is 19.3 Å². The van der Waals surface area contributed by atoms with E-state index in [4.69, 9.17) is 9.73 Å². The van der Waals surface area contributed by atoms with Crippen molar-refractivity contribution >= 4 is 12.1 Å². The predicted octanol–water partition coefficient (Wildman–Crippen LogP) is 2.11. The number of rotatable bonds is 4. The van der Waals surface area contributed by atoms with Crippen molar-refractivity contribution in [2.45, 2.75) is 84.0 Å². The number of likely N-dealkylation sites (tertiary alicyclic amines) is 1. The van der Waals surface area contributed by atoms with Gasteiger partial charge in [0.05, 0.1) is 6.04 Å². The van der Waals surface area contributed by atoms with Crippen LogP contribution >= 0.6 is 0 Å². The van der Waals surface area contributed by atoms with Crippen molar-refractivity contribution < 1.29 is 9.53 Å². The summed E-state index contributed by atoms with van der Waals surface area (Å²) in [5.74, 6) is 2.49. The molecule has 2 N–H and O–H groups in total. The molecule has 0 unspecified atom stereocenters. The summed E-state index contributed by atoms with van der Waals surface area (Å²) in [5, 5.41) is 15.4. The first-order chi connectivity index (χ1) is 13.7. The molecule has 1 amide bonds. The average molecular weight is 406 g/mol. The Labute approximate surface area is 173 Å². The molecule has 3 rings (SSSR count). The Morgan fingerprint density at radius 2 is 1.79 bits per heavy atom. The SMILES string of the molecule is Cc1nnc(CN=C(NC2CCCCC2)NC2CN(C(=O)OC(C)(C)C)C2)n1C. The van der Waals surface area contributed by atoms with Crippen molar-refractivity contribution in [3.63, 3.8) is 0 Å². The lowest BCUT2D eigenvalue weighted by Crippen LogP contribution is -2.63. The number of ether oxygens (including phenoxy) is 1. The number of nitrogens with zero attached hydrogens (tertiary/aromatic N) is 5. The van der Waals surface area contributed by atoms with E-state index in [0.29, 0.717) is 25.7 Å². The number of amides is 1. The molecule has 0 atom stereocenters. The summed E-state index contributed by atoms with van der Waals surface area (Å²) in [4.78, 5) is 18.6. The molecular weight excluding hydrogens is 370 g/mol. The topological polar surface area (TPSA) is 96.7 Å². The average Bonchev–Trinajstić information content (AvgIpc) is 2.93. The highest BCUT2D eigenvalue weighted by atomic mass is 16.6. The molecule has 0 bridgehead atoms. The van der Waals surface area contributed by atoms with Gasteiger partial charge in [-0.05, 0) is 40.5 Å². The van der Waals surface area contributed by atoms with Gasteiger partial charge in [0.25, 0.3) is 0 Å². The summed E-state index contributed by atoms with van der Waals surface area (Å²) in [6, 6.07) is 0.608. The number of guanidine groups is 1. The molecule has 1 aromatic heterocycles. The van der Waals surface area contributed by atoms with Crippen LogP contribution in [0.5, 0.6) is 0 Å². The zero-order chi connectivity index (χ0) is 21.0. The molecule has 2 heterocycles. The Morgan fingerprint density at radius 3 is 2.38 bits per heavy atom. The fourth-order valence-electron chi connectivity index (χ4n) is 3.55. The lowest BCUT2D eigenvalue weighted by atomic mass is 9.96. The molecule has 2 fully saturated rings. The van der Waals surface area contributed by atoms with E-state index in [9.17, 15) is 4.79 Å². The van der Waals surface area contributed by atoms with Gasteiger partial charge >= 0.3 is 6.09 Å². The predicted molar refractivity (Wildman–Crippen MR) is 112 cm³/mol. The van der Waals surface area contributed by atoms with Crippen molar-refractivity contribution in [1.29, 1.82) is 0 Å². The number of nitrogens with one attached hydrogen (secondary N) is 2. The molecular formula is C20H35N7O2. The van der Waals surface area contributed by atoms with Crippen molar-refractivity contribution in [3.05, 3.63) is 11.6 Å². The molecule has 1 aliphatic carbocycles. The quantitative estimate of drug-likeness (QED) is 0.588. The lowest BCUT2D eigenvalue weighted by Gasteiger charge is -2.41. The monoisotopic (exact) mass is 405 g/mol. The number of carbonyl (C=O) groups is 1. The number of hydrogen-bond acceptors (Lipinski definition) is 5. The first kappa shape index (κ1) is 21.4. The summed E-state index contributed by atoms with van der Waals surface area (Å²) in [6.45, 7) is 9.27. The van der Waals surface area contributed by atoms with Crippen LogP contribution in [0, 0.1) is 6.92 Å². The third-order valence-corrected chi connectivity index (χ3v) is 5.38. The molecule has 0 radical (unpaired) electrons. The molecule has 1 aromatic rings.